The fourth-order valence-corrected chi connectivity index (χ4v) is 4.32. The number of likely N-dealkylation sites (tertiary alicyclic amines) is 1. The van der Waals surface area contributed by atoms with E-state index in [-0.39, 0.29) is 36.6 Å². The van der Waals surface area contributed by atoms with E-state index >= 15 is 0 Å². The van der Waals surface area contributed by atoms with Crippen molar-refractivity contribution >= 4 is 11.8 Å². The number of nitrogens with one attached hydrogen (secondary N) is 1. The van der Waals surface area contributed by atoms with E-state index < -0.39 is 11.6 Å². The van der Waals surface area contributed by atoms with E-state index in [0.717, 1.165) is 30.3 Å². The van der Waals surface area contributed by atoms with Gasteiger partial charge in [0.15, 0.2) is 5.69 Å². The van der Waals surface area contributed by atoms with Crippen LogP contribution in [0.5, 0.6) is 0 Å². The van der Waals surface area contributed by atoms with Crippen LogP contribution in [0.25, 0.3) is 5.69 Å². The topological polar surface area (TPSA) is 80.1 Å². The molecule has 2 aliphatic rings. The average Bonchev–Trinajstić information content (AvgIpc) is 3.43. The van der Waals surface area contributed by atoms with Gasteiger partial charge >= 0.3 is 0 Å². The summed E-state index contributed by atoms with van der Waals surface area (Å²) < 4.78 is 28.6. The molecule has 33 heavy (non-hydrogen) atoms. The van der Waals surface area contributed by atoms with E-state index in [1.165, 1.54) is 12.1 Å². The van der Waals surface area contributed by atoms with Gasteiger partial charge in [-0.25, -0.2) is 13.5 Å². The second-order valence-electron chi connectivity index (χ2n) is 8.68. The maximum absolute atomic E-state index is 13.4. The summed E-state index contributed by atoms with van der Waals surface area (Å²) in [5.74, 6) is -1.58. The van der Waals surface area contributed by atoms with Crippen LogP contribution in [-0.4, -0.2) is 44.8 Å². The highest BCUT2D eigenvalue weighted by Crippen LogP contribution is 2.42. The van der Waals surface area contributed by atoms with Crippen LogP contribution in [0, 0.1) is 17.6 Å². The highest BCUT2D eigenvalue weighted by molar-refractivity contribution is 5.93. The monoisotopic (exact) mass is 451 g/mol. The molecule has 1 atom stereocenters. The zero-order valence-electron chi connectivity index (χ0n) is 17.9. The van der Waals surface area contributed by atoms with Gasteiger partial charge in [0.1, 0.15) is 11.6 Å². The first-order chi connectivity index (χ1) is 16.0. The molecule has 1 saturated carbocycles. The fourth-order valence-electron chi connectivity index (χ4n) is 4.32. The lowest BCUT2D eigenvalue weighted by molar-refractivity contribution is -0.128. The molecule has 1 unspecified atom stereocenters. The zero-order valence-corrected chi connectivity index (χ0v) is 17.9. The van der Waals surface area contributed by atoms with E-state index in [2.05, 4.69) is 15.6 Å². The Labute approximate surface area is 189 Å². The first-order valence-corrected chi connectivity index (χ1v) is 11.0. The molecule has 1 saturated heterocycles. The van der Waals surface area contributed by atoms with Crippen molar-refractivity contribution < 1.29 is 18.4 Å². The number of aromatic nitrogens is 3. The summed E-state index contributed by atoms with van der Waals surface area (Å²) in [6.07, 6.45) is 2.25. The Kier molecular flexibility index (Phi) is 5.62. The number of para-hydroxylation sites is 1. The molecule has 1 aliphatic heterocycles. The van der Waals surface area contributed by atoms with Crippen LogP contribution < -0.4 is 5.32 Å². The van der Waals surface area contributed by atoms with Crippen LogP contribution in [-0.2, 0) is 11.3 Å². The molecule has 2 aromatic carbocycles. The first-order valence-electron chi connectivity index (χ1n) is 11.0. The third-order valence-electron chi connectivity index (χ3n) is 6.03. The first kappa shape index (κ1) is 21.2. The van der Waals surface area contributed by atoms with Gasteiger partial charge in [-0.3, -0.25) is 9.59 Å². The van der Waals surface area contributed by atoms with Crippen molar-refractivity contribution in [3.63, 3.8) is 0 Å². The summed E-state index contributed by atoms with van der Waals surface area (Å²) in [6.45, 7) is 0.847. The molecule has 0 radical (unpaired) electrons. The Hall–Kier alpha value is -3.62. The molecule has 1 aliphatic carbocycles. The molecule has 9 heteroatoms. The van der Waals surface area contributed by atoms with E-state index in [1.54, 1.807) is 9.58 Å². The smallest absolute Gasteiger partial charge is 0.273 e. The number of hydrogen-bond donors (Lipinski definition) is 1. The molecule has 1 aromatic heterocycles. The minimum absolute atomic E-state index is 0.0894. The molecule has 5 rings (SSSR count). The Morgan fingerprint density at radius 1 is 1.09 bits per heavy atom. The highest BCUT2D eigenvalue weighted by atomic mass is 19.1. The molecule has 2 amide bonds. The maximum Gasteiger partial charge on any atom is 0.273 e. The minimum atomic E-state index is -0.671. The van der Waals surface area contributed by atoms with Gasteiger partial charge in [0, 0.05) is 44.0 Å². The van der Waals surface area contributed by atoms with Gasteiger partial charge in [0.25, 0.3) is 5.91 Å². The summed E-state index contributed by atoms with van der Waals surface area (Å²) in [6, 6.07) is 12.8. The number of carbonyl (C=O) groups is 2. The summed E-state index contributed by atoms with van der Waals surface area (Å²) in [5.41, 5.74) is 2.39. The van der Waals surface area contributed by atoms with Gasteiger partial charge < -0.3 is 10.2 Å². The minimum Gasteiger partial charge on any atom is -0.350 e. The third-order valence-corrected chi connectivity index (χ3v) is 6.03. The van der Waals surface area contributed by atoms with Crippen LogP contribution in [0.4, 0.5) is 8.78 Å². The summed E-state index contributed by atoms with van der Waals surface area (Å²) >= 11 is 0. The molecule has 0 spiro atoms. The second kappa shape index (κ2) is 8.73. The van der Waals surface area contributed by atoms with Crippen LogP contribution >= 0.6 is 0 Å². The Balaban J connectivity index is 1.23. The zero-order chi connectivity index (χ0) is 22.9. The second-order valence-corrected chi connectivity index (χ2v) is 8.68. The number of nitrogens with zero attached hydrogens (tertiary/aromatic N) is 4. The summed E-state index contributed by atoms with van der Waals surface area (Å²) in [4.78, 5) is 26.9. The lowest BCUT2D eigenvalue weighted by atomic mass is 10.1. The standard InChI is InChI=1S/C24H23F2N5O2/c25-18-8-15(9-19(26)11-18)13-30-14-16(10-21(30)32)12-27-24(33)22-23(17-6-7-17)31(29-28-22)20-4-2-1-3-5-20/h1-5,8-9,11,16-17H,6-7,10,12-14H2,(H,27,33). The lowest BCUT2D eigenvalue weighted by Gasteiger charge is -2.17. The van der Waals surface area contributed by atoms with Crippen LogP contribution in [0.1, 0.15) is 46.9 Å². The van der Waals surface area contributed by atoms with Gasteiger partial charge in [-0.05, 0) is 42.7 Å². The summed E-state index contributed by atoms with van der Waals surface area (Å²) in [5, 5.41) is 11.3. The largest absolute Gasteiger partial charge is 0.350 e. The molecular formula is C24H23F2N5O2. The van der Waals surface area contributed by atoms with Crippen molar-refractivity contribution in [2.75, 3.05) is 13.1 Å². The molecule has 170 valence electrons. The van der Waals surface area contributed by atoms with Crippen molar-refractivity contribution in [3.8, 4) is 5.69 Å². The molecule has 3 aromatic rings. The number of hydrogen-bond acceptors (Lipinski definition) is 4. The number of amides is 2. The predicted molar refractivity (Wildman–Crippen MR) is 116 cm³/mol. The van der Waals surface area contributed by atoms with Crippen molar-refractivity contribution in [1.82, 2.24) is 25.2 Å². The van der Waals surface area contributed by atoms with Crippen LogP contribution in [0.2, 0.25) is 0 Å². The SMILES string of the molecule is O=C(NCC1CC(=O)N(Cc2cc(F)cc(F)c2)C1)c1nnn(-c2ccccc2)c1C1CC1. The summed E-state index contributed by atoms with van der Waals surface area (Å²) in [7, 11) is 0. The molecular weight excluding hydrogens is 428 g/mol. The molecule has 1 N–H and O–H groups in total. The Bertz CT molecular complexity index is 1170. The van der Waals surface area contributed by atoms with Crippen molar-refractivity contribution in [2.24, 2.45) is 5.92 Å². The van der Waals surface area contributed by atoms with Gasteiger partial charge in [-0.15, -0.1) is 5.10 Å². The lowest BCUT2D eigenvalue weighted by Crippen LogP contribution is -2.32. The van der Waals surface area contributed by atoms with Gasteiger partial charge in [-0.1, -0.05) is 23.4 Å². The van der Waals surface area contributed by atoms with Gasteiger partial charge in [0.05, 0.1) is 11.4 Å². The highest BCUT2D eigenvalue weighted by Gasteiger charge is 2.35. The Morgan fingerprint density at radius 2 is 1.82 bits per heavy atom. The van der Waals surface area contributed by atoms with E-state index in [4.69, 9.17) is 0 Å². The number of halogens is 2. The third kappa shape index (κ3) is 4.62. The predicted octanol–water partition coefficient (Wildman–Crippen LogP) is 3.20. The van der Waals surface area contributed by atoms with E-state index in [0.29, 0.717) is 24.3 Å². The number of benzene rings is 2. The number of carbonyl (C=O) groups excluding carboxylic acids is 2. The van der Waals surface area contributed by atoms with E-state index in [1.807, 2.05) is 30.3 Å². The van der Waals surface area contributed by atoms with E-state index in [9.17, 15) is 18.4 Å². The van der Waals surface area contributed by atoms with Crippen molar-refractivity contribution in [1.29, 1.82) is 0 Å². The van der Waals surface area contributed by atoms with Gasteiger partial charge in [-0.2, -0.15) is 0 Å². The van der Waals surface area contributed by atoms with Crippen LogP contribution in [0.3, 0.4) is 0 Å². The molecule has 2 heterocycles. The van der Waals surface area contributed by atoms with Crippen molar-refractivity contribution in [2.45, 2.75) is 31.7 Å². The fraction of sp³-hybridized carbons (Fsp3) is 0.333. The quantitative estimate of drug-likeness (QED) is 0.598. The van der Waals surface area contributed by atoms with Crippen LogP contribution in [0.15, 0.2) is 48.5 Å². The molecule has 2 fully saturated rings. The normalized spacial score (nSPS) is 18.1. The number of rotatable bonds is 7. The Morgan fingerprint density at radius 3 is 2.52 bits per heavy atom. The van der Waals surface area contributed by atoms with Crippen molar-refractivity contribution in [3.05, 3.63) is 77.1 Å². The maximum atomic E-state index is 13.4. The van der Waals surface area contributed by atoms with Gasteiger partial charge in [0.2, 0.25) is 5.91 Å². The average molecular weight is 451 g/mol. The molecule has 7 nitrogen and oxygen atoms in total. The molecule has 0 bridgehead atoms.